The first-order valence-electron chi connectivity index (χ1n) is 7.06. The van der Waals surface area contributed by atoms with E-state index in [-0.39, 0.29) is 0 Å². The molecular weight excluding hydrogens is 258 g/mol. The van der Waals surface area contributed by atoms with Gasteiger partial charge in [0.05, 0.1) is 6.54 Å². The average Bonchev–Trinajstić information content (AvgIpc) is 2.91. The van der Waals surface area contributed by atoms with E-state index in [0.29, 0.717) is 6.54 Å². The summed E-state index contributed by atoms with van der Waals surface area (Å²) < 4.78 is 0. The molecule has 1 N–H and O–H groups in total. The predicted molar refractivity (Wildman–Crippen MR) is 86.8 cm³/mol. The van der Waals surface area contributed by atoms with Gasteiger partial charge in [0, 0.05) is 17.4 Å². The van der Waals surface area contributed by atoms with Gasteiger partial charge in [0.2, 0.25) is 0 Å². The normalized spacial score (nSPS) is 13.1. The molecule has 0 fully saturated rings. The van der Waals surface area contributed by atoms with Crippen molar-refractivity contribution in [3.05, 3.63) is 71.5 Å². The molecule has 0 unspecified atom stereocenters. The van der Waals surface area contributed by atoms with Crippen molar-refractivity contribution in [1.29, 1.82) is 0 Å². The van der Waals surface area contributed by atoms with Crippen molar-refractivity contribution < 1.29 is 0 Å². The Balaban J connectivity index is 1.73. The number of benzene rings is 2. The van der Waals surface area contributed by atoms with Crippen LogP contribution in [-0.4, -0.2) is 10.8 Å². The Labute approximate surface area is 123 Å². The Kier molecular flexibility index (Phi) is 2.71. The summed E-state index contributed by atoms with van der Waals surface area (Å²) in [5, 5.41) is 5.94. The smallest absolute Gasteiger partial charge is 0.152 e. The van der Waals surface area contributed by atoms with E-state index in [1.165, 1.54) is 21.9 Å². The second-order valence-electron chi connectivity index (χ2n) is 5.32. The number of aromatic nitrogens is 1. The maximum atomic E-state index is 4.55. The fraction of sp³-hybridized carbons (Fsp3) is 0.111. The summed E-state index contributed by atoms with van der Waals surface area (Å²) in [4.78, 5) is 8.98. The van der Waals surface area contributed by atoms with E-state index in [2.05, 4.69) is 64.7 Å². The van der Waals surface area contributed by atoms with Crippen LogP contribution in [0.1, 0.15) is 16.8 Å². The first kappa shape index (κ1) is 12.1. The molecule has 0 aliphatic carbocycles. The Morgan fingerprint density at radius 2 is 1.95 bits per heavy atom. The highest BCUT2D eigenvalue weighted by Crippen LogP contribution is 2.25. The number of fused-ring (bicyclic) bond motifs is 2. The van der Waals surface area contributed by atoms with Crippen molar-refractivity contribution in [2.75, 3.05) is 5.32 Å². The molecule has 1 aliphatic heterocycles. The number of nitrogens with zero attached hydrogens (tertiary/aromatic N) is 2. The number of anilines is 1. The maximum absolute atomic E-state index is 4.55. The van der Waals surface area contributed by atoms with Crippen molar-refractivity contribution in [2.24, 2.45) is 4.99 Å². The van der Waals surface area contributed by atoms with Crippen LogP contribution in [0.4, 0.5) is 5.69 Å². The van der Waals surface area contributed by atoms with Crippen molar-refractivity contribution in [1.82, 2.24) is 4.98 Å². The van der Waals surface area contributed by atoms with Gasteiger partial charge in [-0.15, -0.1) is 0 Å². The second kappa shape index (κ2) is 4.70. The number of aryl methyl sites for hydroxylation is 1. The molecule has 0 bridgehead atoms. The predicted octanol–water partition coefficient (Wildman–Crippen LogP) is 3.92. The van der Waals surface area contributed by atoms with Gasteiger partial charge in [0.1, 0.15) is 5.69 Å². The monoisotopic (exact) mass is 273 g/mol. The molecule has 0 spiro atoms. The molecule has 0 radical (unpaired) electrons. The molecule has 0 atom stereocenters. The summed E-state index contributed by atoms with van der Waals surface area (Å²) in [6, 6.07) is 16.8. The van der Waals surface area contributed by atoms with Crippen molar-refractivity contribution in [2.45, 2.75) is 13.5 Å². The number of rotatable bonds is 1. The molecule has 0 amide bonds. The average molecular weight is 273 g/mol. The van der Waals surface area contributed by atoms with Crippen molar-refractivity contribution >= 4 is 22.3 Å². The lowest BCUT2D eigenvalue weighted by molar-refractivity contribution is 1.09. The standard InChI is InChI=1S/C18H15N3/c1-12-9-15(10-13-5-2-3-7-16(12)13)21-18-17-14(11-20-18)6-4-8-19-17/h2-10H,11H2,1H3,(H,20,21). The van der Waals surface area contributed by atoms with Crippen LogP contribution < -0.4 is 5.32 Å². The third-order valence-corrected chi connectivity index (χ3v) is 3.85. The maximum Gasteiger partial charge on any atom is 0.152 e. The molecule has 2 heterocycles. The largest absolute Gasteiger partial charge is 0.339 e. The van der Waals surface area contributed by atoms with Crippen LogP contribution in [0.25, 0.3) is 10.8 Å². The lowest BCUT2D eigenvalue weighted by Gasteiger charge is -2.10. The molecule has 21 heavy (non-hydrogen) atoms. The topological polar surface area (TPSA) is 37.3 Å². The van der Waals surface area contributed by atoms with Crippen LogP contribution in [0, 0.1) is 6.92 Å². The summed E-state index contributed by atoms with van der Waals surface area (Å²) in [7, 11) is 0. The van der Waals surface area contributed by atoms with Crippen LogP contribution in [0.15, 0.2) is 59.7 Å². The summed E-state index contributed by atoms with van der Waals surface area (Å²) >= 11 is 0. The molecular formula is C18H15N3. The minimum Gasteiger partial charge on any atom is -0.339 e. The first-order valence-corrected chi connectivity index (χ1v) is 7.06. The van der Waals surface area contributed by atoms with E-state index in [9.17, 15) is 0 Å². The summed E-state index contributed by atoms with van der Waals surface area (Å²) in [5.41, 5.74) is 4.46. The molecule has 1 aliphatic rings. The van der Waals surface area contributed by atoms with Crippen LogP contribution in [-0.2, 0) is 6.54 Å². The van der Waals surface area contributed by atoms with Gasteiger partial charge < -0.3 is 5.32 Å². The Morgan fingerprint density at radius 3 is 2.90 bits per heavy atom. The number of aliphatic imine (C=N–C) groups is 1. The number of pyridine rings is 1. The highest BCUT2D eigenvalue weighted by molar-refractivity contribution is 6.10. The fourth-order valence-electron chi connectivity index (χ4n) is 2.83. The van der Waals surface area contributed by atoms with Gasteiger partial charge in [-0.2, -0.15) is 0 Å². The van der Waals surface area contributed by atoms with Crippen molar-refractivity contribution in [3.8, 4) is 0 Å². The lowest BCUT2D eigenvalue weighted by atomic mass is 10.0. The summed E-state index contributed by atoms with van der Waals surface area (Å²) in [6.07, 6.45) is 1.81. The highest BCUT2D eigenvalue weighted by Gasteiger charge is 2.16. The van der Waals surface area contributed by atoms with Gasteiger partial charge in [-0.25, -0.2) is 0 Å². The van der Waals surface area contributed by atoms with Gasteiger partial charge in [0.25, 0.3) is 0 Å². The fourth-order valence-corrected chi connectivity index (χ4v) is 2.83. The third-order valence-electron chi connectivity index (χ3n) is 3.85. The molecule has 3 heteroatoms. The first-order chi connectivity index (χ1) is 10.3. The Hall–Kier alpha value is -2.68. The van der Waals surface area contributed by atoms with Crippen LogP contribution in [0.3, 0.4) is 0 Å². The summed E-state index contributed by atoms with van der Waals surface area (Å²) in [5.74, 6) is 0.861. The van der Waals surface area contributed by atoms with E-state index in [1.54, 1.807) is 0 Å². The number of amidine groups is 1. The molecule has 0 saturated heterocycles. The third kappa shape index (κ3) is 2.07. The van der Waals surface area contributed by atoms with Gasteiger partial charge >= 0.3 is 0 Å². The summed E-state index contributed by atoms with van der Waals surface area (Å²) in [6.45, 7) is 2.84. The number of nitrogens with one attached hydrogen (secondary N) is 1. The minimum atomic E-state index is 0.706. The van der Waals surface area contributed by atoms with Crippen molar-refractivity contribution in [3.63, 3.8) is 0 Å². The minimum absolute atomic E-state index is 0.706. The lowest BCUT2D eigenvalue weighted by Crippen LogP contribution is -2.13. The van der Waals surface area contributed by atoms with Gasteiger partial charge in [0.15, 0.2) is 5.84 Å². The van der Waals surface area contributed by atoms with Crippen LogP contribution in [0.5, 0.6) is 0 Å². The Morgan fingerprint density at radius 1 is 1.05 bits per heavy atom. The molecule has 2 aromatic carbocycles. The zero-order chi connectivity index (χ0) is 14.2. The molecule has 1 aromatic heterocycles. The molecule has 0 saturated carbocycles. The number of hydrogen-bond donors (Lipinski definition) is 1. The van der Waals surface area contributed by atoms with Crippen LogP contribution in [0.2, 0.25) is 0 Å². The molecule has 4 rings (SSSR count). The Bertz CT molecular complexity index is 865. The van der Waals surface area contributed by atoms with Gasteiger partial charge in [-0.3, -0.25) is 9.98 Å². The quantitative estimate of drug-likeness (QED) is 0.729. The number of hydrogen-bond acceptors (Lipinski definition) is 3. The molecule has 3 aromatic rings. The molecule has 3 nitrogen and oxygen atoms in total. The van der Waals surface area contributed by atoms with E-state index >= 15 is 0 Å². The van der Waals surface area contributed by atoms with Gasteiger partial charge in [-0.05, 0) is 41.5 Å². The second-order valence-corrected chi connectivity index (χ2v) is 5.32. The van der Waals surface area contributed by atoms with Gasteiger partial charge in [-0.1, -0.05) is 30.3 Å². The van der Waals surface area contributed by atoms with E-state index < -0.39 is 0 Å². The zero-order valence-corrected chi connectivity index (χ0v) is 11.8. The molecule has 102 valence electrons. The highest BCUT2D eigenvalue weighted by atomic mass is 15.0. The van der Waals surface area contributed by atoms with E-state index in [0.717, 1.165) is 17.2 Å². The van der Waals surface area contributed by atoms with E-state index in [4.69, 9.17) is 0 Å². The van der Waals surface area contributed by atoms with Crippen LogP contribution >= 0.6 is 0 Å². The van der Waals surface area contributed by atoms with E-state index in [1.807, 2.05) is 12.3 Å². The zero-order valence-electron chi connectivity index (χ0n) is 11.8. The SMILES string of the molecule is Cc1cc(NC2=NCc3cccnc32)cc2ccccc12.